The van der Waals surface area contributed by atoms with Crippen molar-refractivity contribution in [1.29, 1.82) is 0 Å². The maximum absolute atomic E-state index is 12.3. The summed E-state index contributed by atoms with van der Waals surface area (Å²) in [7, 11) is 0. The molecule has 3 aromatic rings. The van der Waals surface area contributed by atoms with Crippen LogP contribution >= 0.6 is 23.1 Å². The number of anilines is 2. The molecule has 0 saturated carbocycles. The van der Waals surface area contributed by atoms with Crippen molar-refractivity contribution >= 4 is 39.8 Å². The Bertz CT molecular complexity index is 867. The number of carbonyl (C=O) groups excluding carboxylic acids is 1. The molecule has 2 aromatic carbocycles. The maximum Gasteiger partial charge on any atom is 0.233 e. The quantitative estimate of drug-likeness (QED) is 0.592. The van der Waals surface area contributed by atoms with E-state index in [1.165, 1.54) is 23.1 Å². The second-order valence-electron chi connectivity index (χ2n) is 5.78. The summed E-state index contributed by atoms with van der Waals surface area (Å²) in [5, 5.41) is 15.0. The van der Waals surface area contributed by atoms with Crippen molar-refractivity contribution in [3.05, 3.63) is 65.7 Å². The Kier molecular flexibility index (Phi) is 6.25. The van der Waals surface area contributed by atoms with Crippen LogP contribution in [0.1, 0.15) is 18.1 Å². The third-order valence-corrected chi connectivity index (χ3v) is 5.77. The molecule has 3 rings (SSSR count). The number of hydrogen-bond acceptors (Lipinski definition) is 6. The van der Waals surface area contributed by atoms with Gasteiger partial charge in [-0.15, -0.1) is 10.2 Å². The van der Waals surface area contributed by atoms with Crippen molar-refractivity contribution in [1.82, 2.24) is 15.5 Å². The van der Waals surface area contributed by atoms with E-state index in [9.17, 15) is 4.79 Å². The van der Waals surface area contributed by atoms with Crippen molar-refractivity contribution in [2.45, 2.75) is 30.0 Å². The Morgan fingerprint density at radius 3 is 2.62 bits per heavy atom. The molecule has 0 unspecified atom stereocenters. The lowest BCUT2D eigenvalue weighted by molar-refractivity contribution is -0.120. The van der Waals surface area contributed by atoms with Crippen molar-refractivity contribution in [2.24, 2.45) is 0 Å². The molecule has 0 bridgehead atoms. The standard InChI is InChI=1S/C19H20N4OS2/c1-13-8-6-7-11-16(13)21-18-22-23-19(26-18)25-14(2)17(24)20-12-15-9-4-3-5-10-15/h3-11,14H,12H2,1-2H3,(H,20,24)(H,21,22)/t14-/m0/s1. The summed E-state index contributed by atoms with van der Waals surface area (Å²) in [6.07, 6.45) is 0. The van der Waals surface area contributed by atoms with E-state index >= 15 is 0 Å². The van der Waals surface area contributed by atoms with E-state index < -0.39 is 0 Å². The molecule has 0 radical (unpaired) electrons. The van der Waals surface area contributed by atoms with Gasteiger partial charge in [0.05, 0.1) is 5.25 Å². The van der Waals surface area contributed by atoms with Gasteiger partial charge in [-0.05, 0) is 31.0 Å². The molecule has 1 atom stereocenters. The molecule has 26 heavy (non-hydrogen) atoms. The van der Waals surface area contributed by atoms with Gasteiger partial charge >= 0.3 is 0 Å². The van der Waals surface area contributed by atoms with E-state index in [0.717, 1.165) is 26.3 Å². The van der Waals surface area contributed by atoms with Gasteiger partial charge in [0.25, 0.3) is 0 Å². The summed E-state index contributed by atoms with van der Waals surface area (Å²) >= 11 is 2.86. The van der Waals surface area contributed by atoms with Gasteiger partial charge < -0.3 is 10.6 Å². The minimum Gasteiger partial charge on any atom is -0.351 e. The number of nitrogens with zero attached hydrogens (tertiary/aromatic N) is 2. The summed E-state index contributed by atoms with van der Waals surface area (Å²) in [5.74, 6) is -0.0116. The molecule has 0 fully saturated rings. The number of benzene rings is 2. The molecular weight excluding hydrogens is 364 g/mol. The Morgan fingerprint density at radius 1 is 1.12 bits per heavy atom. The highest BCUT2D eigenvalue weighted by Gasteiger charge is 2.17. The summed E-state index contributed by atoms with van der Waals surface area (Å²) in [5.41, 5.74) is 3.23. The summed E-state index contributed by atoms with van der Waals surface area (Å²) in [6, 6.07) is 17.9. The van der Waals surface area contributed by atoms with Gasteiger partial charge in [-0.25, -0.2) is 0 Å². The third-order valence-electron chi connectivity index (χ3n) is 3.75. The van der Waals surface area contributed by atoms with Gasteiger partial charge in [-0.3, -0.25) is 4.79 Å². The fourth-order valence-electron chi connectivity index (χ4n) is 2.27. The number of carbonyl (C=O) groups is 1. The minimum absolute atomic E-state index is 0.0116. The monoisotopic (exact) mass is 384 g/mol. The molecule has 1 amide bonds. The highest BCUT2D eigenvalue weighted by Crippen LogP contribution is 2.31. The molecule has 0 spiro atoms. The number of amides is 1. The summed E-state index contributed by atoms with van der Waals surface area (Å²) in [4.78, 5) is 12.3. The van der Waals surface area contributed by atoms with Crippen LogP contribution in [-0.2, 0) is 11.3 Å². The van der Waals surface area contributed by atoms with Crippen LogP contribution < -0.4 is 10.6 Å². The van der Waals surface area contributed by atoms with Crippen molar-refractivity contribution in [3.8, 4) is 0 Å². The second kappa shape index (κ2) is 8.82. The Morgan fingerprint density at radius 2 is 1.85 bits per heavy atom. The third kappa shape index (κ3) is 5.06. The molecule has 0 aliphatic carbocycles. The van der Waals surface area contributed by atoms with E-state index in [4.69, 9.17) is 0 Å². The molecule has 7 heteroatoms. The number of hydrogen-bond donors (Lipinski definition) is 2. The van der Waals surface area contributed by atoms with Gasteiger partial charge in [0.15, 0.2) is 4.34 Å². The van der Waals surface area contributed by atoms with Crippen LogP contribution in [-0.4, -0.2) is 21.4 Å². The summed E-state index contributed by atoms with van der Waals surface area (Å²) in [6.45, 7) is 4.44. The first-order valence-electron chi connectivity index (χ1n) is 8.26. The van der Waals surface area contributed by atoms with Crippen LogP contribution in [0.4, 0.5) is 10.8 Å². The van der Waals surface area contributed by atoms with E-state index in [-0.39, 0.29) is 11.2 Å². The van der Waals surface area contributed by atoms with Gasteiger partial charge in [0.2, 0.25) is 11.0 Å². The zero-order valence-corrected chi connectivity index (χ0v) is 16.2. The fraction of sp³-hybridized carbons (Fsp3) is 0.211. The predicted octanol–water partition coefficient (Wildman–Crippen LogP) is 4.39. The number of nitrogens with one attached hydrogen (secondary N) is 2. The van der Waals surface area contributed by atoms with E-state index in [1.807, 2.05) is 68.4 Å². The first-order valence-corrected chi connectivity index (χ1v) is 9.96. The number of aryl methyl sites for hydroxylation is 1. The lowest BCUT2D eigenvalue weighted by atomic mass is 10.2. The molecular formula is C19H20N4OS2. The smallest absolute Gasteiger partial charge is 0.233 e. The van der Waals surface area contributed by atoms with Gasteiger partial charge in [0.1, 0.15) is 0 Å². The maximum atomic E-state index is 12.3. The lowest BCUT2D eigenvalue weighted by Gasteiger charge is -2.10. The highest BCUT2D eigenvalue weighted by molar-refractivity contribution is 8.02. The van der Waals surface area contributed by atoms with Crippen molar-refractivity contribution in [2.75, 3.05) is 5.32 Å². The highest BCUT2D eigenvalue weighted by atomic mass is 32.2. The molecule has 5 nitrogen and oxygen atoms in total. The Labute approximate surface area is 161 Å². The average molecular weight is 385 g/mol. The van der Waals surface area contributed by atoms with Crippen molar-refractivity contribution in [3.63, 3.8) is 0 Å². The minimum atomic E-state index is -0.238. The molecule has 2 N–H and O–H groups in total. The SMILES string of the molecule is Cc1ccccc1Nc1nnc(S[C@@H](C)C(=O)NCc2ccccc2)s1. The Balaban J connectivity index is 1.53. The zero-order valence-electron chi connectivity index (χ0n) is 14.6. The molecule has 1 heterocycles. The molecule has 0 saturated heterocycles. The number of aromatic nitrogens is 2. The normalized spacial score (nSPS) is 11.8. The Hall–Kier alpha value is -2.38. The number of thioether (sulfide) groups is 1. The summed E-state index contributed by atoms with van der Waals surface area (Å²) < 4.78 is 0.767. The van der Waals surface area contributed by atoms with E-state index in [0.29, 0.717) is 6.54 Å². The second-order valence-corrected chi connectivity index (χ2v) is 8.34. The van der Waals surface area contributed by atoms with Crippen LogP contribution in [0.25, 0.3) is 0 Å². The van der Waals surface area contributed by atoms with Crippen molar-refractivity contribution < 1.29 is 4.79 Å². The van der Waals surface area contributed by atoms with Crippen LogP contribution in [0.15, 0.2) is 58.9 Å². The van der Waals surface area contributed by atoms with Crippen LogP contribution in [0, 0.1) is 6.92 Å². The first-order chi connectivity index (χ1) is 12.6. The van der Waals surface area contributed by atoms with E-state index in [1.54, 1.807) is 0 Å². The predicted molar refractivity (Wildman–Crippen MR) is 108 cm³/mol. The average Bonchev–Trinajstić information content (AvgIpc) is 3.09. The van der Waals surface area contributed by atoms with Crippen LogP contribution in [0.5, 0.6) is 0 Å². The van der Waals surface area contributed by atoms with Crippen LogP contribution in [0.2, 0.25) is 0 Å². The molecule has 1 aromatic heterocycles. The van der Waals surface area contributed by atoms with Gasteiger partial charge in [-0.1, -0.05) is 71.6 Å². The molecule has 134 valence electrons. The zero-order chi connectivity index (χ0) is 18.4. The van der Waals surface area contributed by atoms with E-state index in [2.05, 4.69) is 20.8 Å². The lowest BCUT2D eigenvalue weighted by Crippen LogP contribution is -2.30. The topological polar surface area (TPSA) is 66.9 Å². The van der Waals surface area contributed by atoms with Gasteiger partial charge in [-0.2, -0.15) is 0 Å². The first kappa shape index (κ1) is 18.4. The fourth-order valence-corrected chi connectivity index (χ4v) is 4.20. The van der Waals surface area contributed by atoms with Gasteiger partial charge in [0, 0.05) is 12.2 Å². The number of rotatable bonds is 7. The largest absolute Gasteiger partial charge is 0.351 e. The van der Waals surface area contributed by atoms with Crippen LogP contribution in [0.3, 0.4) is 0 Å². The molecule has 0 aliphatic rings. The number of para-hydroxylation sites is 1. The molecule has 0 aliphatic heterocycles.